The maximum absolute atomic E-state index is 12.6. The van der Waals surface area contributed by atoms with Gasteiger partial charge in [0.15, 0.2) is 0 Å². The van der Waals surface area contributed by atoms with E-state index in [1.807, 2.05) is 48.5 Å². The lowest BCUT2D eigenvalue weighted by Gasteiger charge is -2.23. The molecule has 0 unspecified atom stereocenters. The molecule has 1 N–H and O–H groups in total. The molecular formula is C21H26N2O4S. The minimum Gasteiger partial charge on any atom is -0.496 e. The van der Waals surface area contributed by atoms with Crippen molar-refractivity contribution in [2.24, 2.45) is 5.92 Å². The number of amides is 1. The lowest BCUT2D eigenvalue weighted by Crippen LogP contribution is -2.38. The second-order valence-electron chi connectivity index (χ2n) is 6.81. The fourth-order valence-corrected chi connectivity index (χ4v) is 4.70. The molecule has 2 aromatic carbocycles. The van der Waals surface area contributed by atoms with Crippen molar-refractivity contribution >= 4 is 15.9 Å². The van der Waals surface area contributed by atoms with E-state index in [-0.39, 0.29) is 18.2 Å². The number of para-hydroxylation sites is 1. The second-order valence-corrected chi connectivity index (χ2v) is 9.07. The number of benzene rings is 2. The first-order chi connectivity index (χ1) is 13.5. The standard InChI is InChI=1S/C21H26N2O4S/c1-3-28(25,26)23-13-12-22-21(24)17(15-23)14-16-8-4-5-9-18(16)19-10-6-7-11-20(19)27-2/h4-11,17H,3,12-15H2,1-2H3,(H,22,24)/t17-/m0/s1. The summed E-state index contributed by atoms with van der Waals surface area (Å²) >= 11 is 0. The first kappa shape index (κ1) is 20.4. The maximum atomic E-state index is 12.6. The third-order valence-corrected chi connectivity index (χ3v) is 6.94. The number of carbonyl (C=O) groups is 1. The molecule has 0 bridgehead atoms. The zero-order chi connectivity index (χ0) is 20.1. The van der Waals surface area contributed by atoms with Crippen LogP contribution in [0.4, 0.5) is 0 Å². The summed E-state index contributed by atoms with van der Waals surface area (Å²) in [6, 6.07) is 15.6. The predicted molar refractivity (Wildman–Crippen MR) is 110 cm³/mol. The van der Waals surface area contributed by atoms with Crippen molar-refractivity contribution < 1.29 is 17.9 Å². The van der Waals surface area contributed by atoms with Crippen molar-refractivity contribution in [3.05, 3.63) is 54.1 Å². The fraction of sp³-hybridized carbons (Fsp3) is 0.381. The molecule has 1 aliphatic heterocycles. The fourth-order valence-electron chi connectivity index (χ4n) is 3.55. The third-order valence-electron chi connectivity index (χ3n) is 5.09. The highest BCUT2D eigenvalue weighted by atomic mass is 32.2. The van der Waals surface area contributed by atoms with Crippen LogP contribution in [0.15, 0.2) is 48.5 Å². The van der Waals surface area contributed by atoms with E-state index in [2.05, 4.69) is 5.32 Å². The molecule has 1 aliphatic rings. The summed E-state index contributed by atoms with van der Waals surface area (Å²) < 4.78 is 31.6. The van der Waals surface area contributed by atoms with Crippen LogP contribution in [0, 0.1) is 5.92 Å². The average molecular weight is 403 g/mol. The summed E-state index contributed by atoms with van der Waals surface area (Å²) in [6.07, 6.45) is 0.454. The van der Waals surface area contributed by atoms with Gasteiger partial charge in [-0.15, -0.1) is 0 Å². The van der Waals surface area contributed by atoms with Gasteiger partial charge in [0.25, 0.3) is 0 Å². The summed E-state index contributed by atoms with van der Waals surface area (Å²) in [4.78, 5) is 12.6. The molecule has 1 amide bonds. The van der Waals surface area contributed by atoms with Gasteiger partial charge in [-0.1, -0.05) is 42.5 Å². The number of carbonyl (C=O) groups excluding carboxylic acids is 1. The molecule has 1 heterocycles. The molecule has 0 radical (unpaired) electrons. The molecule has 1 fully saturated rings. The maximum Gasteiger partial charge on any atom is 0.224 e. The highest BCUT2D eigenvalue weighted by molar-refractivity contribution is 7.89. The minimum atomic E-state index is -3.35. The van der Waals surface area contributed by atoms with Crippen molar-refractivity contribution in [2.75, 3.05) is 32.5 Å². The molecule has 0 aromatic heterocycles. The highest BCUT2D eigenvalue weighted by Gasteiger charge is 2.31. The van der Waals surface area contributed by atoms with Gasteiger partial charge < -0.3 is 10.1 Å². The number of nitrogens with one attached hydrogen (secondary N) is 1. The van der Waals surface area contributed by atoms with Gasteiger partial charge in [0, 0.05) is 25.2 Å². The summed E-state index contributed by atoms with van der Waals surface area (Å²) in [6.45, 7) is 2.47. The lowest BCUT2D eigenvalue weighted by atomic mass is 9.91. The molecule has 28 heavy (non-hydrogen) atoms. The van der Waals surface area contributed by atoms with Gasteiger partial charge in [0.1, 0.15) is 5.75 Å². The van der Waals surface area contributed by atoms with Gasteiger partial charge >= 0.3 is 0 Å². The van der Waals surface area contributed by atoms with Crippen LogP contribution in [0.3, 0.4) is 0 Å². The van der Waals surface area contributed by atoms with Gasteiger partial charge in [-0.3, -0.25) is 4.79 Å². The Hall–Kier alpha value is -2.38. The van der Waals surface area contributed by atoms with E-state index in [1.165, 1.54) is 4.31 Å². The summed E-state index contributed by atoms with van der Waals surface area (Å²) in [5.74, 6) is 0.241. The number of methoxy groups -OCH3 is 1. The molecule has 7 heteroatoms. The number of hydrogen-bond donors (Lipinski definition) is 1. The van der Waals surface area contributed by atoms with Crippen molar-refractivity contribution in [3.63, 3.8) is 0 Å². The van der Waals surface area contributed by atoms with Gasteiger partial charge in [0.05, 0.1) is 18.8 Å². The van der Waals surface area contributed by atoms with Crippen LogP contribution in [0.5, 0.6) is 5.75 Å². The van der Waals surface area contributed by atoms with Gasteiger partial charge in [0.2, 0.25) is 15.9 Å². The predicted octanol–water partition coefficient (Wildman–Crippen LogP) is 2.30. The van der Waals surface area contributed by atoms with Crippen molar-refractivity contribution in [2.45, 2.75) is 13.3 Å². The molecule has 1 saturated heterocycles. The smallest absolute Gasteiger partial charge is 0.224 e. The summed E-state index contributed by atoms with van der Waals surface area (Å²) in [5.41, 5.74) is 2.93. The average Bonchev–Trinajstić information content (AvgIpc) is 2.90. The number of nitrogens with zero attached hydrogens (tertiary/aromatic N) is 1. The van der Waals surface area contributed by atoms with Crippen molar-refractivity contribution in [3.8, 4) is 16.9 Å². The van der Waals surface area contributed by atoms with Crippen LogP contribution in [0.1, 0.15) is 12.5 Å². The van der Waals surface area contributed by atoms with E-state index in [4.69, 9.17) is 4.74 Å². The largest absolute Gasteiger partial charge is 0.496 e. The molecule has 150 valence electrons. The normalized spacial score (nSPS) is 18.4. The van der Waals surface area contributed by atoms with Crippen LogP contribution >= 0.6 is 0 Å². The quantitative estimate of drug-likeness (QED) is 0.805. The van der Waals surface area contributed by atoms with E-state index < -0.39 is 15.9 Å². The Morgan fingerprint density at radius 3 is 2.50 bits per heavy atom. The third kappa shape index (κ3) is 4.36. The van der Waals surface area contributed by atoms with E-state index in [0.717, 1.165) is 22.4 Å². The second kappa shape index (κ2) is 8.75. The Bertz CT molecular complexity index is 943. The van der Waals surface area contributed by atoms with Gasteiger partial charge in [-0.2, -0.15) is 4.31 Å². The first-order valence-electron chi connectivity index (χ1n) is 9.43. The van der Waals surface area contributed by atoms with Crippen LogP contribution in [0.2, 0.25) is 0 Å². The minimum absolute atomic E-state index is 0.0334. The van der Waals surface area contributed by atoms with Gasteiger partial charge in [-0.05, 0) is 30.5 Å². The van der Waals surface area contributed by atoms with Crippen molar-refractivity contribution in [1.29, 1.82) is 0 Å². The molecule has 2 aromatic rings. The Labute approximate surface area is 166 Å². The van der Waals surface area contributed by atoms with E-state index in [1.54, 1.807) is 14.0 Å². The van der Waals surface area contributed by atoms with Crippen LogP contribution in [-0.4, -0.2) is 51.1 Å². The topological polar surface area (TPSA) is 75.7 Å². The van der Waals surface area contributed by atoms with E-state index >= 15 is 0 Å². The lowest BCUT2D eigenvalue weighted by molar-refractivity contribution is -0.124. The van der Waals surface area contributed by atoms with E-state index in [9.17, 15) is 13.2 Å². The zero-order valence-corrected chi connectivity index (χ0v) is 17.0. The summed E-state index contributed by atoms with van der Waals surface area (Å²) in [5, 5.41) is 2.85. The van der Waals surface area contributed by atoms with Crippen LogP contribution < -0.4 is 10.1 Å². The Kier molecular flexibility index (Phi) is 6.36. The molecule has 0 saturated carbocycles. The van der Waals surface area contributed by atoms with Gasteiger partial charge in [-0.25, -0.2) is 8.42 Å². The molecule has 6 nitrogen and oxygen atoms in total. The Morgan fingerprint density at radius 2 is 1.79 bits per heavy atom. The molecule has 3 rings (SSSR count). The first-order valence-corrected chi connectivity index (χ1v) is 11.0. The molecule has 1 atom stereocenters. The molecule has 0 spiro atoms. The molecular weight excluding hydrogens is 376 g/mol. The SMILES string of the molecule is CCS(=O)(=O)N1CCNC(=O)[C@@H](Cc2ccccc2-c2ccccc2OC)C1. The zero-order valence-electron chi connectivity index (χ0n) is 16.2. The van der Waals surface area contributed by atoms with Crippen molar-refractivity contribution in [1.82, 2.24) is 9.62 Å². The van der Waals surface area contributed by atoms with E-state index in [0.29, 0.717) is 19.5 Å². The highest BCUT2D eigenvalue weighted by Crippen LogP contribution is 2.33. The monoisotopic (exact) mass is 402 g/mol. The van der Waals surface area contributed by atoms with Crippen LogP contribution in [0.25, 0.3) is 11.1 Å². The number of ether oxygens (including phenoxy) is 1. The Morgan fingerprint density at radius 1 is 1.11 bits per heavy atom. The Balaban J connectivity index is 1.93. The van der Waals surface area contributed by atoms with Crippen LogP contribution in [-0.2, 0) is 21.2 Å². The number of rotatable bonds is 6. The number of hydrogen-bond acceptors (Lipinski definition) is 4. The number of sulfonamides is 1. The molecule has 0 aliphatic carbocycles. The summed E-state index contributed by atoms with van der Waals surface area (Å²) in [7, 11) is -1.71.